The number of rotatable bonds is 7. The smallest absolute Gasteiger partial charge is 0.226 e. The third kappa shape index (κ3) is 5.62. The molecule has 2 amide bonds. The molecule has 1 aliphatic heterocycles. The maximum absolute atomic E-state index is 12.8. The molecular weight excluding hydrogens is 368 g/mol. The Balaban J connectivity index is 1.48. The molecule has 6 heteroatoms. The summed E-state index contributed by atoms with van der Waals surface area (Å²) in [5.74, 6) is 2.27. The van der Waals surface area contributed by atoms with E-state index in [1.807, 2.05) is 57.2 Å². The summed E-state index contributed by atoms with van der Waals surface area (Å²) >= 11 is 0. The maximum Gasteiger partial charge on any atom is 0.226 e. The molecule has 29 heavy (non-hydrogen) atoms. The van der Waals surface area contributed by atoms with Crippen molar-refractivity contribution >= 4 is 11.8 Å². The zero-order valence-electron chi connectivity index (χ0n) is 17.4. The third-order valence-electron chi connectivity index (χ3n) is 5.38. The normalized spacial score (nSPS) is 17.6. The summed E-state index contributed by atoms with van der Waals surface area (Å²) in [4.78, 5) is 27.1. The molecule has 1 aromatic heterocycles. The van der Waals surface area contributed by atoms with Crippen molar-refractivity contribution in [3.05, 3.63) is 53.5 Å². The average molecular weight is 399 g/mol. The summed E-state index contributed by atoms with van der Waals surface area (Å²) in [5.41, 5.74) is 0.998. The van der Waals surface area contributed by atoms with E-state index in [-0.39, 0.29) is 23.8 Å². The number of hydrogen-bond acceptors (Lipinski definition) is 4. The minimum absolute atomic E-state index is 0.00575. The molecule has 1 saturated heterocycles. The number of hydrogen-bond donors (Lipinski definition) is 1. The Morgan fingerprint density at radius 3 is 2.72 bits per heavy atom. The lowest BCUT2D eigenvalue weighted by atomic mass is 9.96. The Hall–Kier alpha value is -2.76. The molecule has 2 heterocycles. The number of benzene rings is 1. The number of furan rings is 1. The van der Waals surface area contributed by atoms with Gasteiger partial charge in [0.15, 0.2) is 0 Å². The second-order valence-electron chi connectivity index (χ2n) is 7.69. The lowest BCUT2D eigenvalue weighted by molar-refractivity contribution is -0.136. The zero-order valence-corrected chi connectivity index (χ0v) is 17.4. The van der Waals surface area contributed by atoms with Crippen LogP contribution < -0.4 is 10.1 Å². The van der Waals surface area contributed by atoms with Crippen molar-refractivity contribution in [2.45, 2.75) is 46.1 Å². The Morgan fingerprint density at radius 2 is 2.03 bits per heavy atom. The summed E-state index contributed by atoms with van der Waals surface area (Å²) in [5, 5.41) is 3.08. The minimum atomic E-state index is -0.182. The van der Waals surface area contributed by atoms with Crippen LogP contribution in [0.1, 0.15) is 49.3 Å². The van der Waals surface area contributed by atoms with Crippen LogP contribution in [-0.2, 0) is 9.59 Å². The Morgan fingerprint density at radius 1 is 1.28 bits per heavy atom. The lowest BCUT2D eigenvalue weighted by Crippen LogP contribution is -2.46. The Bertz CT molecular complexity index is 831. The minimum Gasteiger partial charge on any atom is -0.493 e. The van der Waals surface area contributed by atoms with Crippen molar-refractivity contribution in [2.24, 2.45) is 5.92 Å². The van der Waals surface area contributed by atoms with Gasteiger partial charge in [0.2, 0.25) is 11.8 Å². The highest BCUT2D eigenvalue weighted by atomic mass is 16.5. The van der Waals surface area contributed by atoms with Gasteiger partial charge in [-0.05, 0) is 51.8 Å². The second kappa shape index (κ2) is 9.63. The highest BCUT2D eigenvalue weighted by Crippen LogP contribution is 2.23. The zero-order chi connectivity index (χ0) is 20.8. The number of carbonyl (C=O) groups excluding carboxylic acids is 2. The first-order valence-electron chi connectivity index (χ1n) is 10.3. The van der Waals surface area contributed by atoms with Gasteiger partial charge in [-0.2, -0.15) is 0 Å². The Kier molecular flexibility index (Phi) is 6.96. The van der Waals surface area contributed by atoms with E-state index in [9.17, 15) is 9.59 Å². The average Bonchev–Trinajstić information content (AvgIpc) is 3.07. The number of piperidine rings is 1. The number of amides is 2. The van der Waals surface area contributed by atoms with E-state index < -0.39 is 0 Å². The molecule has 3 rings (SSSR count). The number of likely N-dealkylation sites (tertiary alicyclic amines) is 1. The first-order chi connectivity index (χ1) is 13.9. The van der Waals surface area contributed by atoms with Crippen LogP contribution in [0.2, 0.25) is 0 Å². The molecule has 1 N–H and O–H groups in total. The number of para-hydroxylation sites is 1. The molecule has 6 nitrogen and oxygen atoms in total. The topological polar surface area (TPSA) is 71.8 Å². The van der Waals surface area contributed by atoms with Gasteiger partial charge < -0.3 is 19.4 Å². The largest absolute Gasteiger partial charge is 0.493 e. The second-order valence-corrected chi connectivity index (χ2v) is 7.69. The number of carbonyl (C=O) groups is 2. The molecule has 0 radical (unpaired) electrons. The van der Waals surface area contributed by atoms with Gasteiger partial charge in [-0.1, -0.05) is 18.2 Å². The van der Waals surface area contributed by atoms with Gasteiger partial charge in [0, 0.05) is 18.7 Å². The van der Waals surface area contributed by atoms with E-state index in [4.69, 9.17) is 9.15 Å². The van der Waals surface area contributed by atoms with Gasteiger partial charge in [-0.15, -0.1) is 0 Å². The highest BCUT2D eigenvalue weighted by Gasteiger charge is 2.29. The van der Waals surface area contributed by atoms with E-state index in [2.05, 4.69) is 5.32 Å². The fourth-order valence-electron chi connectivity index (χ4n) is 3.84. The van der Waals surface area contributed by atoms with Crippen LogP contribution in [-0.4, -0.2) is 36.4 Å². The first-order valence-corrected chi connectivity index (χ1v) is 10.3. The lowest BCUT2D eigenvalue weighted by Gasteiger charge is -2.32. The van der Waals surface area contributed by atoms with Crippen LogP contribution in [0.15, 0.2) is 40.8 Å². The van der Waals surface area contributed by atoms with Crippen molar-refractivity contribution in [1.82, 2.24) is 10.2 Å². The van der Waals surface area contributed by atoms with Gasteiger partial charge >= 0.3 is 0 Å². The van der Waals surface area contributed by atoms with Crippen molar-refractivity contribution in [1.29, 1.82) is 0 Å². The molecule has 0 aliphatic carbocycles. The van der Waals surface area contributed by atoms with Crippen molar-refractivity contribution in [3.63, 3.8) is 0 Å². The molecular formula is C23H30N2O4. The Labute approximate surface area is 172 Å². The van der Waals surface area contributed by atoms with E-state index in [0.717, 1.165) is 35.7 Å². The predicted octanol–water partition coefficient (Wildman–Crippen LogP) is 3.78. The highest BCUT2D eigenvalue weighted by molar-refractivity contribution is 5.81. The van der Waals surface area contributed by atoms with Gasteiger partial charge in [-0.3, -0.25) is 9.59 Å². The molecule has 1 aliphatic rings. The fourth-order valence-corrected chi connectivity index (χ4v) is 3.84. The van der Waals surface area contributed by atoms with Crippen LogP contribution in [0, 0.1) is 19.8 Å². The number of ether oxygens (including phenoxy) is 1. The van der Waals surface area contributed by atoms with Crippen LogP contribution >= 0.6 is 0 Å². The third-order valence-corrected chi connectivity index (χ3v) is 5.38. The van der Waals surface area contributed by atoms with Gasteiger partial charge in [0.1, 0.15) is 17.3 Å². The quantitative estimate of drug-likeness (QED) is 0.770. The van der Waals surface area contributed by atoms with Crippen molar-refractivity contribution < 1.29 is 18.7 Å². The molecule has 2 aromatic rings. The summed E-state index contributed by atoms with van der Waals surface area (Å²) in [6.07, 6.45) is 1.95. The fraction of sp³-hybridized carbons (Fsp3) is 0.478. The molecule has 2 atom stereocenters. The molecule has 0 saturated carbocycles. The molecule has 1 fully saturated rings. The number of aryl methyl sites for hydroxylation is 2. The summed E-state index contributed by atoms with van der Waals surface area (Å²) in [6, 6.07) is 11.3. The standard InChI is InChI=1S/C23H30N2O4/c1-16-14-21(18(3)29-16)17(2)24-23(27)19-8-7-12-25(15-19)22(26)11-13-28-20-9-5-4-6-10-20/h4-6,9-10,14,17,19H,7-8,11-13,15H2,1-3H3,(H,24,27). The predicted molar refractivity (Wildman–Crippen MR) is 111 cm³/mol. The monoisotopic (exact) mass is 398 g/mol. The maximum atomic E-state index is 12.8. The van der Waals surface area contributed by atoms with E-state index in [1.54, 1.807) is 4.90 Å². The molecule has 0 bridgehead atoms. The van der Waals surface area contributed by atoms with Gasteiger partial charge in [0.05, 0.1) is 25.0 Å². The van der Waals surface area contributed by atoms with Crippen LogP contribution in [0.4, 0.5) is 0 Å². The molecule has 156 valence electrons. The summed E-state index contributed by atoms with van der Waals surface area (Å²) in [7, 11) is 0. The van der Waals surface area contributed by atoms with Crippen LogP contribution in [0.3, 0.4) is 0 Å². The van der Waals surface area contributed by atoms with Crippen molar-refractivity contribution in [3.8, 4) is 5.75 Å². The number of nitrogens with zero attached hydrogens (tertiary/aromatic N) is 1. The van der Waals surface area contributed by atoms with Crippen LogP contribution in [0.5, 0.6) is 5.75 Å². The molecule has 2 unspecified atom stereocenters. The van der Waals surface area contributed by atoms with E-state index in [1.165, 1.54) is 0 Å². The SMILES string of the molecule is Cc1cc(C(C)NC(=O)C2CCCN(C(=O)CCOc3ccccc3)C2)c(C)o1. The van der Waals surface area contributed by atoms with E-state index >= 15 is 0 Å². The van der Waals surface area contributed by atoms with Gasteiger partial charge in [-0.25, -0.2) is 0 Å². The summed E-state index contributed by atoms with van der Waals surface area (Å²) < 4.78 is 11.2. The number of nitrogens with one attached hydrogen (secondary N) is 1. The van der Waals surface area contributed by atoms with E-state index in [0.29, 0.717) is 26.1 Å². The van der Waals surface area contributed by atoms with Crippen molar-refractivity contribution in [2.75, 3.05) is 19.7 Å². The molecule has 1 aromatic carbocycles. The first kappa shape index (κ1) is 21.0. The molecule has 0 spiro atoms. The summed E-state index contributed by atoms with van der Waals surface area (Å²) in [6.45, 7) is 7.27. The van der Waals surface area contributed by atoms with Gasteiger partial charge in [0.25, 0.3) is 0 Å². The van der Waals surface area contributed by atoms with Crippen LogP contribution in [0.25, 0.3) is 0 Å².